The molecule has 0 aliphatic carbocycles. The summed E-state index contributed by atoms with van der Waals surface area (Å²) < 4.78 is 5.51. The van der Waals surface area contributed by atoms with Gasteiger partial charge in [0.15, 0.2) is 0 Å². The fourth-order valence-electron chi connectivity index (χ4n) is 3.78. The summed E-state index contributed by atoms with van der Waals surface area (Å²) in [5, 5.41) is 3.68. The van der Waals surface area contributed by atoms with Gasteiger partial charge in [0.2, 0.25) is 5.91 Å². The third-order valence-corrected chi connectivity index (χ3v) is 5.37. The third-order valence-electron chi connectivity index (χ3n) is 5.37. The second-order valence-corrected chi connectivity index (χ2v) is 7.19. The number of nitrogens with one attached hydrogen (secondary N) is 1. The predicted octanol–water partition coefficient (Wildman–Crippen LogP) is 2.22. The molecule has 0 spiro atoms. The van der Waals surface area contributed by atoms with Crippen LogP contribution in [0.3, 0.4) is 0 Å². The molecule has 0 bridgehead atoms. The van der Waals surface area contributed by atoms with Crippen LogP contribution in [0.2, 0.25) is 0 Å². The minimum absolute atomic E-state index is 0.00608. The van der Waals surface area contributed by atoms with E-state index in [4.69, 9.17) is 10.5 Å². The number of amides is 1. The SMILES string of the molecule is C[C@H](Nc1ccccc1CN1CCC[C@@H](C(N)=O)C1)[C@@H]1CCOC1. The van der Waals surface area contributed by atoms with Crippen LogP contribution in [0, 0.1) is 11.8 Å². The first-order valence-corrected chi connectivity index (χ1v) is 9.07. The van der Waals surface area contributed by atoms with Crippen LogP contribution in [0.25, 0.3) is 0 Å². The second kappa shape index (κ2) is 7.99. The molecule has 5 heteroatoms. The molecule has 0 unspecified atom stereocenters. The fourth-order valence-corrected chi connectivity index (χ4v) is 3.78. The highest BCUT2D eigenvalue weighted by Gasteiger charge is 2.25. The average Bonchev–Trinajstić information content (AvgIpc) is 3.11. The molecule has 132 valence electrons. The van der Waals surface area contributed by atoms with Gasteiger partial charge in [-0.2, -0.15) is 0 Å². The minimum atomic E-state index is -0.166. The number of carbonyl (C=O) groups excluding carboxylic acids is 1. The molecule has 2 fully saturated rings. The summed E-state index contributed by atoms with van der Waals surface area (Å²) in [6.07, 6.45) is 3.09. The lowest BCUT2D eigenvalue weighted by atomic mass is 9.96. The van der Waals surface area contributed by atoms with Crippen LogP contribution in [0.4, 0.5) is 5.69 Å². The first-order valence-electron chi connectivity index (χ1n) is 9.07. The molecular formula is C19H29N3O2. The number of primary amides is 1. The van der Waals surface area contributed by atoms with Gasteiger partial charge in [0, 0.05) is 37.3 Å². The molecule has 2 aliphatic rings. The summed E-state index contributed by atoms with van der Waals surface area (Å²) in [6, 6.07) is 8.88. The van der Waals surface area contributed by atoms with Crippen molar-refractivity contribution in [1.29, 1.82) is 0 Å². The molecule has 1 aromatic rings. The molecule has 2 heterocycles. The number of anilines is 1. The Morgan fingerprint density at radius 3 is 3.00 bits per heavy atom. The molecule has 5 nitrogen and oxygen atoms in total. The highest BCUT2D eigenvalue weighted by Crippen LogP contribution is 2.25. The fraction of sp³-hybridized carbons (Fsp3) is 0.632. The zero-order valence-electron chi connectivity index (χ0n) is 14.5. The molecule has 2 aliphatic heterocycles. The standard InChI is InChI=1S/C19H29N3O2/c1-14(17-8-10-24-13-17)21-18-7-3-2-5-15(18)11-22-9-4-6-16(12-22)19(20)23/h2-3,5,7,14,16-17,21H,4,6,8-13H2,1H3,(H2,20,23)/t14-,16+,17+/m0/s1. The van der Waals surface area contributed by atoms with Gasteiger partial charge in [-0.25, -0.2) is 0 Å². The molecular weight excluding hydrogens is 302 g/mol. The summed E-state index contributed by atoms with van der Waals surface area (Å²) >= 11 is 0. The van der Waals surface area contributed by atoms with Crippen molar-refractivity contribution in [2.24, 2.45) is 17.6 Å². The van der Waals surface area contributed by atoms with Crippen LogP contribution in [-0.4, -0.2) is 43.2 Å². The van der Waals surface area contributed by atoms with Gasteiger partial charge >= 0.3 is 0 Å². The van der Waals surface area contributed by atoms with E-state index < -0.39 is 0 Å². The largest absolute Gasteiger partial charge is 0.382 e. The monoisotopic (exact) mass is 331 g/mol. The van der Waals surface area contributed by atoms with Crippen molar-refractivity contribution in [2.45, 2.75) is 38.8 Å². The zero-order chi connectivity index (χ0) is 16.9. The number of nitrogens with two attached hydrogens (primary N) is 1. The summed E-state index contributed by atoms with van der Waals surface area (Å²) in [4.78, 5) is 13.8. The zero-order valence-corrected chi connectivity index (χ0v) is 14.5. The van der Waals surface area contributed by atoms with E-state index in [1.807, 2.05) is 0 Å². The molecule has 1 amide bonds. The van der Waals surface area contributed by atoms with E-state index in [9.17, 15) is 4.79 Å². The predicted molar refractivity (Wildman–Crippen MR) is 95.6 cm³/mol. The summed E-state index contributed by atoms with van der Waals surface area (Å²) in [5.74, 6) is 0.404. The number of rotatable bonds is 6. The van der Waals surface area contributed by atoms with Crippen molar-refractivity contribution in [3.8, 4) is 0 Å². The van der Waals surface area contributed by atoms with Gasteiger partial charge in [0.25, 0.3) is 0 Å². The lowest BCUT2D eigenvalue weighted by Gasteiger charge is -2.32. The summed E-state index contributed by atoms with van der Waals surface area (Å²) in [6.45, 7) is 6.63. The van der Waals surface area contributed by atoms with Crippen LogP contribution in [0.5, 0.6) is 0 Å². The quantitative estimate of drug-likeness (QED) is 0.839. The van der Waals surface area contributed by atoms with Crippen LogP contribution >= 0.6 is 0 Å². The normalized spacial score (nSPS) is 26.2. The van der Waals surface area contributed by atoms with Gasteiger partial charge in [0.05, 0.1) is 12.5 Å². The Morgan fingerprint density at radius 1 is 1.42 bits per heavy atom. The van der Waals surface area contributed by atoms with Gasteiger partial charge in [-0.3, -0.25) is 9.69 Å². The maximum Gasteiger partial charge on any atom is 0.221 e. The molecule has 0 saturated carbocycles. The van der Waals surface area contributed by atoms with Crippen LogP contribution in [-0.2, 0) is 16.1 Å². The Kier molecular flexibility index (Phi) is 5.74. The average molecular weight is 331 g/mol. The number of para-hydroxylation sites is 1. The number of likely N-dealkylation sites (tertiary alicyclic amines) is 1. The van der Waals surface area contributed by atoms with Crippen molar-refractivity contribution in [3.05, 3.63) is 29.8 Å². The minimum Gasteiger partial charge on any atom is -0.382 e. The van der Waals surface area contributed by atoms with Crippen molar-refractivity contribution < 1.29 is 9.53 Å². The topological polar surface area (TPSA) is 67.6 Å². The molecule has 3 N–H and O–H groups in total. The molecule has 1 aromatic carbocycles. The van der Waals surface area contributed by atoms with E-state index in [0.29, 0.717) is 12.0 Å². The molecule has 24 heavy (non-hydrogen) atoms. The van der Waals surface area contributed by atoms with Gasteiger partial charge in [-0.05, 0) is 44.4 Å². The molecule has 3 rings (SSSR count). The van der Waals surface area contributed by atoms with Gasteiger partial charge in [-0.15, -0.1) is 0 Å². The Bertz CT molecular complexity index is 557. The number of piperidine rings is 1. The Morgan fingerprint density at radius 2 is 2.25 bits per heavy atom. The molecule has 3 atom stereocenters. The van der Waals surface area contributed by atoms with Crippen LogP contribution < -0.4 is 11.1 Å². The molecule has 0 aromatic heterocycles. The summed E-state index contributed by atoms with van der Waals surface area (Å²) in [5.41, 5.74) is 7.98. The van der Waals surface area contributed by atoms with Gasteiger partial charge in [-0.1, -0.05) is 18.2 Å². The van der Waals surface area contributed by atoms with E-state index in [0.717, 1.165) is 52.1 Å². The lowest BCUT2D eigenvalue weighted by molar-refractivity contribution is -0.123. The molecule has 0 radical (unpaired) electrons. The smallest absolute Gasteiger partial charge is 0.221 e. The molecule has 2 saturated heterocycles. The van der Waals surface area contributed by atoms with Crippen molar-refractivity contribution in [3.63, 3.8) is 0 Å². The maximum absolute atomic E-state index is 11.5. The first-order chi connectivity index (χ1) is 11.6. The Labute approximate surface area is 144 Å². The van der Waals surface area contributed by atoms with Crippen LogP contribution in [0.1, 0.15) is 31.7 Å². The van der Waals surface area contributed by atoms with E-state index in [1.54, 1.807) is 0 Å². The Balaban J connectivity index is 1.64. The maximum atomic E-state index is 11.5. The van der Waals surface area contributed by atoms with E-state index in [-0.39, 0.29) is 11.8 Å². The van der Waals surface area contributed by atoms with Gasteiger partial charge < -0.3 is 15.8 Å². The van der Waals surface area contributed by atoms with E-state index in [1.165, 1.54) is 11.3 Å². The number of nitrogens with zero attached hydrogens (tertiary/aromatic N) is 1. The van der Waals surface area contributed by atoms with E-state index >= 15 is 0 Å². The van der Waals surface area contributed by atoms with Gasteiger partial charge in [0.1, 0.15) is 0 Å². The highest BCUT2D eigenvalue weighted by molar-refractivity contribution is 5.76. The van der Waals surface area contributed by atoms with Crippen molar-refractivity contribution in [1.82, 2.24) is 4.90 Å². The number of hydrogen-bond donors (Lipinski definition) is 2. The van der Waals surface area contributed by atoms with Crippen molar-refractivity contribution >= 4 is 11.6 Å². The lowest BCUT2D eigenvalue weighted by Crippen LogP contribution is -2.40. The van der Waals surface area contributed by atoms with Crippen LogP contribution in [0.15, 0.2) is 24.3 Å². The number of hydrogen-bond acceptors (Lipinski definition) is 4. The second-order valence-electron chi connectivity index (χ2n) is 7.19. The number of carbonyl (C=O) groups is 1. The highest BCUT2D eigenvalue weighted by atomic mass is 16.5. The first kappa shape index (κ1) is 17.2. The summed E-state index contributed by atoms with van der Waals surface area (Å²) in [7, 11) is 0. The van der Waals surface area contributed by atoms with Crippen molar-refractivity contribution in [2.75, 3.05) is 31.6 Å². The number of ether oxygens (including phenoxy) is 1. The Hall–Kier alpha value is -1.59. The van der Waals surface area contributed by atoms with E-state index in [2.05, 4.69) is 41.4 Å². The number of benzene rings is 1. The third kappa shape index (κ3) is 4.28.